The smallest absolute Gasteiger partial charge is 0.153 e. The summed E-state index contributed by atoms with van der Waals surface area (Å²) in [7, 11) is 0. The number of aryl methyl sites for hydroxylation is 1. The zero-order valence-electron chi connectivity index (χ0n) is 11.1. The number of hydrogen-bond donors (Lipinski definition) is 2. The molecule has 1 aromatic heterocycles. The highest BCUT2D eigenvalue weighted by atomic mass is 15.0. The number of rotatable bonds is 3. The lowest BCUT2D eigenvalue weighted by Gasteiger charge is -2.15. The molecule has 0 spiro atoms. The Morgan fingerprint density at radius 2 is 1.89 bits per heavy atom. The second kappa shape index (κ2) is 5.08. The van der Waals surface area contributed by atoms with Gasteiger partial charge in [0.15, 0.2) is 5.82 Å². The van der Waals surface area contributed by atoms with Crippen LogP contribution in [-0.2, 0) is 0 Å². The maximum Gasteiger partial charge on any atom is 0.153 e. The van der Waals surface area contributed by atoms with Crippen LogP contribution in [0.25, 0.3) is 0 Å². The third-order valence-electron chi connectivity index (χ3n) is 3.04. The van der Waals surface area contributed by atoms with Gasteiger partial charge in [-0.15, -0.1) is 0 Å². The molecule has 0 aliphatic heterocycles. The number of nitrogens with two attached hydrogens (primary N) is 1. The largest absolute Gasteiger partial charge is 0.396 e. The number of pyridine rings is 1. The molecule has 2 rings (SSSR count). The summed E-state index contributed by atoms with van der Waals surface area (Å²) in [6.07, 6.45) is 1.77. The van der Waals surface area contributed by atoms with Crippen LogP contribution in [-0.4, -0.2) is 4.98 Å². The van der Waals surface area contributed by atoms with Crippen LogP contribution in [0.4, 0.5) is 17.2 Å². The first-order valence-electron chi connectivity index (χ1n) is 6.16. The van der Waals surface area contributed by atoms with E-state index in [0.717, 1.165) is 17.1 Å². The van der Waals surface area contributed by atoms with Gasteiger partial charge in [0.05, 0.1) is 5.69 Å². The van der Waals surface area contributed by atoms with Gasteiger partial charge in [-0.2, -0.15) is 0 Å². The Morgan fingerprint density at radius 3 is 2.61 bits per heavy atom. The van der Waals surface area contributed by atoms with E-state index in [1.165, 1.54) is 5.56 Å². The molecule has 3 N–H and O–H groups in total. The lowest BCUT2D eigenvalue weighted by molar-refractivity contribution is 0.869. The van der Waals surface area contributed by atoms with E-state index in [1.807, 2.05) is 25.1 Å². The van der Waals surface area contributed by atoms with Crippen molar-refractivity contribution in [3.8, 4) is 0 Å². The Balaban J connectivity index is 2.37. The minimum atomic E-state index is 0.458. The summed E-state index contributed by atoms with van der Waals surface area (Å²) in [6.45, 7) is 6.33. The number of aromatic nitrogens is 1. The molecule has 1 aromatic carbocycles. The van der Waals surface area contributed by atoms with Gasteiger partial charge in [0.25, 0.3) is 0 Å². The molecule has 0 atom stereocenters. The van der Waals surface area contributed by atoms with Gasteiger partial charge in [-0.3, -0.25) is 0 Å². The molecule has 0 saturated heterocycles. The van der Waals surface area contributed by atoms with Gasteiger partial charge in [-0.25, -0.2) is 4.98 Å². The predicted molar refractivity (Wildman–Crippen MR) is 77.2 cm³/mol. The maximum atomic E-state index is 6.03. The molecule has 3 heteroatoms. The molecule has 2 aromatic rings. The Kier molecular flexibility index (Phi) is 3.51. The first kappa shape index (κ1) is 12.4. The minimum absolute atomic E-state index is 0.458. The van der Waals surface area contributed by atoms with Gasteiger partial charge in [0.1, 0.15) is 0 Å². The van der Waals surface area contributed by atoms with E-state index in [4.69, 9.17) is 5.73 Å². The Labute approximate surface area is 108 Å². The van der Waals surface area contributed by atoms with Gasteiger partial charge < -0.3 is 11.1 Å². The summed E-state index contributed by atoms with van der Waals surface area (Å²) in [5.41, 5.74) is 10.1. The Bertz CT molecular complexity index is 547. The van der Waals surface area contributed by atoms with Crippen LogP contribution in [0, 0.1) is 6.92 Å². The van der Waals surface area contributed by atoms with Crippen molar-refractivity contribution in [2.45, 2.75) is 26.7 Å². The van der Waals surface area contributed by atoms with Crippen molar-refractivity contribution in [3.63, 3.8) is 0 Å². The molecule has 94 valence electrons. The van der Waals surface area contributed by atoms with Crippen molar-refractivity contribution < 1.29 is 0 Å². The molecule has 0 aliphatic rings. The van der Waals surface area contributed by atoms with Gasteiger partial charge in [0, 0.05) is 11.9 Å². The molecule has 18 heavy (non-hydrogen) atoms. The van der Waals surface area contributed by atoms with Crippen LogP contribution < -0.4 is 11.1 Å². The molecule has 1 heterocycles. The molecule has 0 fully saturated rings. The van der Waals surface area contributed by atoms with Crippen LogP contribution in [0.15, 0.2) is 36.5 Å². The van der Waals surface area contributed by atoms with Crippen molar-refractivity contribution in [1.29, 1.82) is 0 Å². The predicted octanol–water partition coefficient (Wildman–Crippen LogP) is 3.84. The van der Waals surface area contributed by atoms with Crippen molar-refractivity contribution in [2.75, 3.05) is 11.1 Å². The number of para-hydroxylation sites is 1. The highest BCUT2D eigenvalue weighted by Gasteiger charge is 2.08. The van der Waals surface area contributed by atoms with E-state index in [2.05, 4.69) is 36.3 Å². The molecule has 0 saturated carbocycles. The van der Waals surface area contributed by atoms with E-state index in [1.54, 1.807) is 6.20 Å². The third-order valence-corrected chi connectivity index (χ3v) is 3.04. The zero-order valence-corrected chi connectivity index (χ0v) is 11.1. The number of nitrogens with one attached hydrogen (secondary N) is 1. The molecular formula is C15H19N3. The molecule has 0 amide bonds. The van der Waals surface area contributed by atoms with E-state index in [0.29, 0.717) is 11.6 Å². The standard InChI is InChI=1S/C15H19N3/c1-10(2)12-6-4-5-7-13(12)18-15-14(16)11(3)8-9-17-15/h4-10H,16H2,1-3H3,(H,17,18). The number of benzene rings is 1. The zero-order chi connectivity index (χ0) is 13.1. The summed E-state index contributed by atoms with van der Waals surface area (Å²) in [4.78, 5) is 4.30. The van der Waals surface area contributed by atoms with Crippen LogP contribution in [0.5, 0.6) is 0 Å². The summed E-state index contributed by atoms with van der Waals surface area (Å²) in [5.74, 6) is 1.18. The highest BCUT2D eigenvalue weighted by Crippen LogP contribution is 2.29. The molecular weight excluding hydrogens is 222 g/mol. The molecule has 0 bridgehead atoms. The van der Waals surface area contributed by atoms with Crippen molar-refractivity contribution in [1.82, 2.24) is 4.98 Å². The molecule has 0 radical (unpaired) electrons. The Morgan fingerprint density at radius 1 is 1.17 bits per heavy atom. The van der Waals surface area contributed by atoms with E-state index in [-0.39, 0.29) is 0 Å². The second-order valence-corrected chi connectivity index (χ2v) is 4.76. The molecule has 3 nitrogen and oxygen atoms in total. The highest BCUT2D eigenvalue weighted by molar-refractivity contribution is 5.72. The second-order valence-electron chi connectivity index (χ2n) is 4.76. The number of anilines is 3. The quantitative estimate of drug-likeness (QED) is 0.858. The summed E-state index contributed by atoms with van der Waals surface area (Å²) in [6, 6.07) is 10.2. The van der Waals surface area contributed by atoms with Gasteiger partial charge in [-0.05, 0) is 36.1 Å². The average Bonchev–Trinajstić information content (AvgIpc) is 2.35. The van der Waals surface area contributed by atoms with Gasteiger partial charge >= 0.3 is 0 Å². The molecule has 0 unspecified atom stereocenters. The van der Waals surface area contributed by atoms with Crippen molar-refractivity contribution in [2.24, 2.45) is 0 Å². The van der Waals surface area contributed by atoms with E-state index < -0.39 is 0 Å². The van der Waals surface area contributed by atoms with Crippen LogP contribution in [0.3, 0.4) is 0 Å². The normalized spacial score (nSPS) is 10.7. The summed E-state index contributed by atoms with van der Waals surface area (Å²) >= 11 is 0. The Hall–Kier alpha value is -2.03. The first-order valence-corrected chi connectivity index (χ1v) is 6.16. The lowest BCUT2D eigenvalue weighted by atomic mass is 10.0. The fraction of sp³-hybridized carbons (Fsp3) is 0.267. The van der Waals surface area contributed by atoms with Crippen molar-refractivity contribution in [3.05, 3.63) is 47.7 Å². The van der Waals surface area contributed by atoms with Gasteiger partial charge in [0.2, 0.25) is 0 Å². The lowest BCUT2D eigenvalue weighted by Crippen LogP contribution is -2.03. The molecule has 0 aliphatic carbocycles. The van der Waals surface area contributed by atoms with Crippen LogP contribution >= 0.6 is 0 Å². The average molecular weight is 241 g/mol. The first-order chi connectivity index (χ1) is 8.59. The van der Waals surface area contributed by atoms with Crippen molar-refractivity contribution >= 4 is 17.2 Å². The number of nitrogen functional groups attached to an aromatic ring is 1. The summed E-state index contributed by atoms with van der Waals surface area (Å²) in [5, 5.41) is 3.33. The van der Waals surface area contributed by atoms with Crippen LogP contribution in [0.1, 0.15) is 30.9 Å². The fourth-order valence-electron chi connectivity index (χ4n) is 1.91. The van der Waals surface area contributed by atoms with Gasteiger partial charge in [-0.1, -0.05) is 32.0 Å². The minimum Gasteiger partial charge on any atom is -0.396 e. The van der Waals surface area contributed by atoms with Crippen LogP contribution in [0.2, 0.25) is 0 Å². The fourth-order valence-corrected chi connectivity index (χ4v) is 1.91. The SMILES string of the molecule is Cc1ccnc(Nc2ccccc2C(C)C)c1N. The van der Waals surface area contributed by atoms with E-state index >= 15 is 0 Å². The summed E-state index contributed by atoms with van der Waals surface area (Å²) < 4.78 is 0. The third kappa shape index (κ3) is 2.45. The maximum absolute atomic E-state index is 6.03. The topological polar surface area (TPSA) is 50.9 Å². The monoisotopic (exact) mass is 241 g/mol. The van der Waals surface area contributed by atoms with E-state index in [9.17, 15) is 0 Å². The number of hydrogen-bond acceptors (Lipinski definition) is 3. The number of nitrogens with zero attached hydrogens (tertiary/aromatic N) is 1.